The van der Waals surface area contributed by atoms with E-state index in [0.717, 1.165) is 25.1 Å². The Morgan fingerprint density at radius 3 is 2.94 bits per heavy atom. The van der Waals surface area contributed by atoms with Crippen molar-refractivity contribution in [2.75, 3.05) is 13.2 Å². The van der Waals surface area contributed by atoms with Crippen LogP contribution in [0.15, 0.2) is 24.3 Å². The van der Waals surface area contributed by atoms with Gasteiger partial charge in [-0.15, -0.1) is 0 Å². The van der Waals surface area contributed by atoms with Crippen LogP contribution in [0.2, 0.25) is 0 Å². The zero-order chi connectivity index (χ0) is 13.0. The van der Waals surface area contributed by atoms with E-state index in [2.05, 4.69) is 12.2 Å². The van der Waals surface area contributed by atoms with E-state index < -0.39 is 0 Å². The molecule has 5 heteroatoms. The zero-order valence-corrected chi connectivity index (χ0v) is 10.5. The van der Waals surface area contributed by atoms with Crippen LogP contribution in [-0.4, -0.2) is 24.2 Å². The molecule has 0 saturated carbocycles. The Labute approximate surface area is 106 Å². The molecular weight excluding hydrogens is 232 g/mol. The van der Waals surface area contributed by atoms with E-state index in [-0.39, 0.29) is 16.7 Å². The van der Waals surface area contributed by atoms with Crippen LogP contribution in [0.5, 0.6) is 0 Å². The van der Waals surface area contributed by atoms with Crippen molar-refractivity contribution >= 4 is 5.69 Å². The maximum Gasteiger partial charge on any atom is 0.273 e. The summed E-state index contributed by atoms with van der Waals surface area (Å²) < 4.78 is 5.48. The maximum absolute atomic E-state index is 10.9. The highest BCUT2D eigenvalue weighted by Crippen LogP contribution is 2.20. The first-order valence-corrected chi connectivity index (χ1v) is 6.23. The van der Waals surface area contributed by atoms with Crippen molar-refractivity contribution < 1.29 is 9.66 Å². The third kappa shape index (κ3) is 3.05. The molecule has 0 bridgehead atoms. The number of benzene rings is 1. The largest absolute Gasteiger partial charge is 0.378 e. The highest BCUT2D eigenvalue weighted by Gasteiger charge is 2.23. The van der Waals surface area contributed by atoms with E-state index in [1.807, 2.05) is 6.07 Å². The van der Waals surface area contributed by atoms with Crippen molar-refractivity contribution in [2.45, 2.75) is 26.0 Å². The zero-order valence-electron chi connectivity index (χ0n) is 10.5. The highest BCUT2D eigenvalue weighted by atomic mass is 16.6. The fourth-order valence-corrected chi connectivity index (χ4v) is 2.27. The smallest absolute Gasteiger partial charge is 0.273 e. The molecule has 1 aliphatic heterocycles. The number of para-hydroxylation sites is 1. The Morgan fingerprint density at radius 1 is 1.50 bits per heavy atom. The molecule has 0 aliphatic carbocycles. The predicted octanol–water partition coefficient (Wildman–Crippen LogP) is 2.11. The van der Waals surface area contributed by atoms with E-state index in [9.17, 15) is 10.1 Å². The topological polar surface area (TPSA) is 64.4 Å². The normalized spacial score (nSPS) is 23.2. The first kappa shape index (κ1) is 13.0. The number of hydrogen-bond acceptors (Lipinski definition) is 4. The van der Waals surface area contributed by atoms with Gasteiger partial charge in [-0.05, 0) is 19.3 Å². The van der Waals surface area contributed by atoms with Gasteiger partial charge in [0, 0.05) is 31.3 Å². The third-order valence-corrected chi connectivity index (χ3v) is 3.44. The van der Waals surface area contributed by atoms with Crippen molar-refractivity contribution in [1.82, 2.24) is 5.32 Å². The van der Waals surface area contributed by atoms with Gasteiger partial charge in [-0.2, -0.15) is 0 Å². The average molecular weight is 250 g/mol. The third-order valence-electron chi connectivity index (χ3n) is 3.44. The lowest BCUT2D eigenvalue weighted by atomic mass is 10.0. The quantitative estimate of drug-likeness (QED) is 0.642. The van der Waals surface area contributed by atoms with Crippen molar-refractivity contribution in [1.29, 1.82) is 0 Å². The van der Waals surface area contributed by atoms with Crippen LogP contribution < -0.4 is 5.32 Å². The number of nitro groups is 1. The Hall–Kier alpha value is -1.46. The highest BCUT2D eigenvalue weighted by molar-refractivity contribution is 5.39. The van der Waals surface area contributed by atoms with Crippen molar-refractivity contribution in [3.8, 4) is 0 Å². The van der Waals surface area contributed by atoms with Gasteiger partial charge < -0.3 is 10.1 Å². The standard InChI is InChI=1S/C13H18N2O3/c1-10-11(6-7-18-10)8-14-9-12-4-2-3-5-13(12)15(16)17/h2-5,10-11,14H,6-9H2,1H3. The summed E-state index contributed by atoms with van der Waals surface area (Å²) in [4.78, 5) is 10.5. The van der Waals surface area contributed by atoms with Gasteiger partial charge >= 0.3 is 0 Å². The van der Waals surface area contributed by atoms with Crippen LogP contribution in [0, 0.1) is 16.0 Å². The van der Waals surface area contributed by atoms with Gasteiger partial charge in [-0.25, -0.2) is 0 Å². The first-order valence-electron chi connectivity index (χ1n) is 6.23. The van der Waals surface area contributed by atoms with Crippen molar-refractivity contribution in [2.24, 2.45) is 5.92 Å². The number of nitrogens with one attached hydrogen (secondary N) is 1. The summed E-state index contributed by atoms with van der Waals surface area (Å²) in [6, 6.07) is 6.85. The fourth-order valence-electron chi connectivity index (χ4n) is 2.27. The monoisotopic (exact) mass is 250 g/mol. The Morgan fingerprint density at radius 2 is 2.28 bits per heavy atom. The maximum atomic E-state index is 10.9. The minimum absolute atomic E-state index is 0.181. The van der Waals surface area contributed by atoms with Crippen LogP contribution in [0.25, 0.3) is 0 Å². The average Bonchev–Trinajstić information content (AvgIpc) is 2.76. The summed E-state index contributed by atoms with van der Waals surface area (Å²) in [6.07, 6.45) is 1.34. The number of ether oxygens (including phenoxy) is 1. The number of nitro benzene ring substituents is 1. The lowest BCUT2D eigenvalue weighted by Crippen LogP contribution is -2.26. The second kappa shape index (κ2) is 5.93. The first-order chi connectivity index (χ1) is 8.68. The van der Waals surface area contributed by atoms with Gasteiger partial charge in [-0.1, -0.05) is 18.2 Å². The van der Waals surface area contributed by atoms with Crippen LogP contribution in [0.4, 0.5) is 5.69 Å². The molecule has 1 fully saturated rings. The van der Waals surface area contributed by atoms with E-state index in [4.69, 9.17) is 4.74 Å². The molecule has 0 aromatic heterocycles. The lowest BCUT2D eigenvalue weighted by Gasteiger charge is -2.14. The summed E-state index contributed by atoms with van der Waals surface area (Å²) in [5.74, 6) is 0.507. The van der Waals surface area contributed by atoms with Crippen LogP contribution in [0.1, 0.15) is 18.9 Å². The molecule has 0 spiro atoms. The van der Waals surface area contributed by atoms with E-state index in [1.54, 1.807) is 12.1 Å². The van der Waals surface area contributed by atoms with E-state index >= 15 is 0 Å². The minimum Gasteiger partial charge on any atom is -0.378 e. The summed E-state index contributed by atoms with van der Waals surface area (Å²) in [5.41, 5.74) is 0.912. The molecule has 1 aliphatic rings. The van der Waals surface area contributed by atoms with Gasteiger partial charge in [0.05, 0.1) is 11.0 Å². The van der Waals surface area contributed by atoms with E-state index in [0.29, 0.717) is 12.5 Å². The molecule has 18 heavy (non-hydrogen) atoms. The van der Waals surface area contributed by atoms with Crippen LogP contribution in [0.3, 0.4) is 0 Å². The van der Waals surface area contributed by atoms with Crippen molar-refractivity contribution in [3.63, 3.8) is 0 Å². The molecule has 0 amide bonds. The molecule has 2 atom stereocenters. The summed E-state index contributed by atoms with van der Waals surface area (Å²) in [6.45, 7) is 4.26. The minimum atomic E-state index is -0.335. The molecule has 1 saturated heterocycles. The summed E-state index contributed by atoms with van der Waals surface area (Å²) in [5, 5.41) is 14.1. The Bertz CT molecular complexity index is 422. The van der Waals surface area contributed by atoms with Crippen molar-refractivity contribution in [3.05, 3.63) is 39.9 Å². The summed E-state index contributed by atoms with van der Waals surface area (Å²) in [7, 11) is 0. The number of nitrogens with zero attached hydrogens (tertiary/aromatic N) is 1. The van der Waals surface area contributed by atoms with Crippen LogP contribution in [-0.2, 0) is 11.3 Å². The van der Waals surface area contributed by atoms with Gasteiger partial charge in [0.2, 0.25) is 0 Å². The van der Waals surface area contributed by atoms with Crippen LogP contribution >= 0.6 is 0 Å². The predicted molar refractivity (Wildman–Crippen MR) is 68.3 cm³/mol. The molecule has 0 radical (unpaired) electrons. The second-order valence-corrected chi connectivity index (χ2v) is 4.64. The van der Waals surface area contributed by atoms with Gasteiger partial charge in [0.25, 0.3) is 5.69 Å². The molecule has 2 unspecified atom stereocenters. The van der Waals surface area contributed by atoms with Gasteiger partial charge in [-0.3, -0.25) is 10.1 Å². The molecule has 2 rings (SSSR count). The Kier molecular flexibility index (Phi) is 4.28. The summed E-state index contributed by atoms with van der Waals surface area (Å²) >= 11 is 0. The molecule has 1 heterocycles. The van der Waals surface area contributed by atoms with E-state index in [1.165, 1.54) is 6.07 Å². The van der Waals surface area contributed by atoms with Gasteiger partial charge in [0.15, 0.2) is 0 Å². The molecule has 5 nitrogen and oxygen atoms in total. The Balaban J connectivity index is 1.88. The molecule has 1 aromatic rings. The fraction of sp³-hybridized carbons (Fsp3) is 0.538. The number of rotatable bonds is 5. The lowest BCUT2D eigenvalue weighted by molar-refractivity contribution is -0.385. The SMILES string of the molecule is CC1OCCC1CNCc1ccccc1[N+](=O)[O-]. The molecule has 1 N–H and O–H groups in total. The number of hydrogen-bond donors (Lipinski definition) is 1. The van der Waals surface area contributed by atoms with Gasteiger partial charge in [0.1, 0.15) is 0 Å². The molecule has 1 aromatic carbocycles. The molecular formula is C13H18N2O3. The second-order valence-electron chi connectivity index (χ2n) is 4.64. The molecule has 98 valence electrons.